The van der Waals surface area contributed by atoms with Crippen molar-refractivity contribution in [3.8, 4) is 0 Å². The molecule has 0 bridgehead atoms. The first-order valence-corrected chi connectivity index (χ1v) is 8.73. The SMILES string of the molecule is CC/C=C\[C@H](CC)[C@H](O)[C@@]12NC(=O)[C@H](CCN=C=S)[C@]1(C)OC2=O. The van der Waals surface area contributed by atoms with E-state index in [2.05, 4.69) is 27.7 Å². The van der Waals surface area contributed by atoms with E-state index in [0.717, 1.165) is 6.42 Å². The van der Waals surface area contributed by atoms with Crippen molar-refractivity contribution in [3.63, 3.8) is 0 Å². The summed E-state index contributed by atoms with van der Waals surface area (Å²) in [7, 11) is 0. The Kier molecular flexibility index (Phi) is 5.58. The average Bonchev–Trinajstić information content (AvgIpc) is 2.73. The van der Waals surface area contributed by atoms with Gasteiger partial charge in [0.15, 0.2) is 5.60 Å². The second-order valence-electron chi connectivity index (χ2n) is 6.46. The standard InChI is InChI=1S/C17H24N2O4S/c1-4-6-7-11(5-2)13(20)17-15(22)23-16(17,3)12(14(21)19-17)8-9-18-10-24/h6-7,11-13,20H,4-5,8-9H2,1-3H3,(H,19,21)/b7-6-/t11-,12-,13-,16-,17-/m0/s1. The predicted molar refractivity (Wildman–Crippen MR) is 92.6 cm³/mol. The van der Waals surface area contributed by atoms with Gasteiger partial charge in [0.05, 0.1) is 23.7 Å². The summed E-state index contributed by atoms with van der Waals surface area (Å²) in [6.07, 6.45) is 4.69. The Hall–Kier alpha value is -1.56. The number of aliphatic hydroxyl groups excluding tert-OH is 1. The number of ether oxygens (including phenoxy) is 1. The number of thiocarbonyl (C=S) groups is 1. The molecule has 132 valence electrons. The molecule has 2 aliphatic heterocycles. The van der Waals surface area contributed by atoms with Crippen molar-refractivity contribution >= 4 is 29.3 Å². The molecule has 0 saturated carbocycles. The van der Waals surface area contributed by atoms with Gasteiger partial charge in [-0.3, -0.25) is 4.79 Å². The average molecular weight is 352 g/mol. The maximum atomic E-state index is 12.5. The van der Waals surface area contributed by atoms with E-state index in [9.17, 15) is 14.7 Å². The minimum atomic E-state index is -1.39. The highest BCUT2D eigenvalue weighted by Gasteiger charge is 2.79. The van der Waals surface area contributed by atoms with E-state index >= 15 is 0 Å². The normalized spacial score (nSPS) is 33.9. The van der Waals surface area contributed by atoms with Crippen LogP contribution in [0.15, 0.2) is 17.1 Å². The molecule has 0 aromatic carbocycles. The third-order valence-corrected chi connectivity index (χ3v) is 5.37. The molecule has 7 heteroatoms. The molecule has 0 spiro atoms. The molecule has 2 rings (SSSR count). The number of aliphatic imine (C=N–C) groups is 1. The maximum absolute atomic E-state index is 12.5. The van der Waals surface area contributed by atoms with Gasteiger partial charge in [0.2, 0.25) is 11.4 Å². The van der Waals surface area contributed by atoms with Gasteiger partial charge in [-0.25, -0.2) is 9.79 Å². The maximum Gasteiger partial charge on any atom is 0.339 e. The number of allylic oxidation sites excluding steroid dienone is 1. The minimum absolute atomic E-state index is 0.241. The highest BCUT2D eigenvalue weighted by molar-refractivity contribution is 7.78. The fraction of sp³-hybridized carbons (Fsp3) is 0.706. The molecule has 0 radical (unpaired) electrons. The van der Waals surface area contributed by atoms with Gasteiger partial charge in [0.25, 0.3) is 0 Å². The van der Waals surface area contributed by atoms with Crippen molar-refractivity contribution < 1.29 is 19.4 Å². The number of rotatable bonds is 8. The van der Waals surface area contributed by atoms with Gasteiger partial charge in [-0.05, 0) is 38.4 Å². The Morgan fingerprint density at radius 1 is 1.50 bits per heavy atom. The van der Waals surface area contributed by atoms with E-state index in [1.54, 1.807) is 6.92 Å². The number of hydrogen-bond acceptors (Lipinski definition) is 6. The molecule has 0 unspecified atom stereocenters. The third-order valence-electron chi connectivity index (χ3n) is 5.25. The predicted octanol–water partition coefficient (Wildman–Crippen LogP) is 1.63. The van der Waals surface area contributed by atoms with Crippen LogP contribution in [0.1, 0.15) is 40.0 Å². The third kappa shape index (κ3) is 2.61. The van der Waals surface area contributed by atoms with E-state index in [-0.39, 0.29) is 11.8 Å². The van der Waals surface area contributed by atoms with E-state index in [1.165, 1.54) is 0 Å². The molecule has 0 aromatic heterocycles. The highest BCUT2D eigenvalue weighted by Crippen LogP contribution is 2.53. The number of amides is 1. The van der Waals surface area contributed by atoms with Crippen LogP contribution in [0.4, 0.5) is 0 Å². The molecular formula is C17H24N2O4S. The van der Waals surface area contributed by atoms with Crippen LogP contribution in [0.25, 0.3) is 0 Å². The summed E-state index contributed by atoms with van der Waals surface area (Å²) >= 11 is 4.54. The second-order valence-corrected chi connectivity index (χ2v) is 6.64. The number of nitrogens with zero attached hydrogens (tertiary/aromatic N) is 1. The van der Waals surface area contributed by atoms with Gasteiger partial charge >= 0.3 is 5.97 Å². The van der Waals surface area contributed by atoms with Gasteiger partial charge < -0.3 is 15.2 Å². The van der Waals surface area contributed by atoms with Crippen molar-refractivity contribution in [1.29, 1.82) is 0 Å². The number of aliphatic hydroxyl groups is 1. The summed E-state index contributed by atoms with van der Waals surface area (Å²) in [5.41, 5.74) is -2.47. The number of hydrogen-bond donors (Lipinski definition) is 2. The molecule has 0 aromatic rings. The highest BCUT2D eigenvalue weighted by atomic mass is 32.1. The number of isothiocyanates is 1. The topological polar surface area (TPSA) is 88.0 Å². The summed E-state index contributed by atoms with van der Waals surface area (Å²) in [5, 5.41) is 15.9. The van der Waals surface area contributed by atoms with E-state index < -0.39 is 29.1 Å². The summed E-state index contributed by atoms with van der Waals surface area (Å²) in [6.45, 7) is 5.97. The molecule has 5 atom stereocenters. The second kappa shape index (κ2) is 7.13. The van der Waals surface area contributed by atoms with Crippen LogP contribution in [-0.4, -0.2) is 45.9 Å². The van der Waals surface area contributed by atoms with Crippen molar-refractivity contribution in [2.75, 3.05) is 6.54 Å². The quantitative estimate of drug-likeness (QED) is 0.300. The number of carbonyl (C=O) groups excluding carboxylic acids is 2. The lowest BCUT2D eigenvalue weighted by Gasteiger charge is -2.54. The van der Waals surface area contributed by atoms with E-state index in [4.69, 9.17) is 4.74 Å². The van der Waals surface area contributed by atoms with Crippen molar-refractivity contribution in [2.24, 2.45) is 16.8 Å². The summed E-state index contributed by atoms with van der Waals surface area (Å²) in [4.78, 5) is 28.6. The Balaban J connectivity index is 2.32. The van der Waals surface area contributed by atoms with Crippen molar-refractivity contribution in [2.45, 2.75) is 57.3 Å². The molecule has 0 aliphatic carbocycles. The zero-order chi connectivity index (χ0) is 18.0. The van der Waals surface area contributed by atoms with Crippen LogP contribution in [-0.2, 0) is 14.3 Å². The lowest BCUT2D eigenvalue weighted by molar-refractivity contribution is -0.238. The van der Waals surface area contributed by atoms with Gasteiger partial charge in [-0.15, -0.1) is 0 Å². The molecule has 2 aliphatic rings. The van der Waals surface area contributed by atoms with E-state index in [0.29, 0.717) is 19.4 Å². The smallest absolute Gasteiger partial charge is 0.339 e. The molecule has 2 heterocycles. The fourth-order valence-electron chi connectivity index (χ4n) is 3.79. The van der Waals surface area contributed by atoms with Crippen LogP contribution in [0.3, 0.4) is 0 Å². The number of carbonyl (C=O) groups is 2. The van der Waals surface area contributed by atoms with E-state index in [1.807, 2.05) is 26.0 Å². The first-order valence-electron chi connectivity index (χ1n) is 8.32. The van der Waals surface area contributed by atoms with Crippen LogP contribution in [0.5, 0.6) is 0 Å². The molecule has 2 N–H and O–H groups in total. The zero-order valence-corrected chi connectivity index (χ0v) is 15.1. The Morgan fingerprint density at radius 2 is 2.21 bits per heavy atom. The molecule has 2 fully saturated rings. The number of fused-ring (bicyclic) bond motifs is 1. The Labute approximate surface area is 147 Å². The van der Waals surface area contributed by atoms with Gasteiger partial charge in [-0.2, -0.15) is 0 Å². The van der Waals surface area contributed by atoms with Crippen LogP contribution < -0.4 is 5.32 Å². The monoisotopic (exact) mass is 352 g/mol. The Morgan fingerprint density at radius 3 is 2.75 bits per heavy atom. The number of esters is 1. The molecule has 1 amide bonds. The largest absolute Gasteiger partial charge is 0.453 e. The van der Waals surface area contributed by atoms with Gasteiger partial charge in [-0.1, -0.05) is 26.0 Å². The van der Waals surface area contributed by atoms with Crippen molar-refractivity contribution in [1.82, 2.24) is 5.32 Å². The Bertz CT molecular complexity index is 601. The van der Waals surface area contributed by atoms with Crippen LogP contribution in [0, 0.1) is 11.8 Å². The minimum Gasteiger partial charge on any atom is -0.453 e. The first-order chi connectivity index (χ1) is 11.4. The lowest BCUT2D eigenvalue weighted by atomic mass is 9.65. The summed E-state index contributed by atoms with van der Waals surface area (Å²) < 4.78 is 5.39. The van der Waals surface area contributed by atoms with Gasteiger partial charge in [0, 0.05) is 5.92 Å². The van der Waals surface area contributed by atoms with Crippen LogP contribution >= 0.6 is 12.2 Å². The zero-order valence-electron chi connectivity index (χ0n) is 14.2. The molecule has 24 heavy (non-hydrogen) atoms. The molecule has 2 saturated heterocycles. The molecular weight excluding hydrogens is 328 g/mol. The summed E-state index contributed by atoms with van der Waals surface area (Å²) in [6, 6.07) is 0. The summed E-state index contributed by atoms with van der Waals surface area (Å²) in [5.74, 6) is -1.67. The molecule has 6 nitrogen and oxygen atoms in total. The van der Waals surface area contributed by atoms with Gasteiger partial charge in [0.1, 0.15) is 0 Å². The lowest BCUT2D eigenvalue weighted by Crippen LogP contribution is -2.80. The van der Waals surface area contributed by atoms with Crippen LogP contribution in [0.2, 0.25) is 0 Å². The number of nitrogens with one attached hydrogen (secondary N) is 1. The fourth-order valence-corrected chi connectivity index (χ4v) is 3.88. The van der Waals surface area contributed by atoms with Crippen molar-refractivity contribution in [3.05, 3.63) is 12.2 Å². The first kappa shape index (κ1) is 18.8.